The van der Waals surface area contributed by atoms with Gasteiger partial charge in [0, 0.05) is 36.1 Å². The highest BCUT2D eigenvalue weighted by molar-refractivity contribution is 5.84. The molecule has 2 aliphatic rings. The Hall–Kier alpha value is -1.77. The van der Waals surface area contributed by atoms with E-state index in [1.165, 1.54) is 55.0 Å². The molecule has 3 heteroatoms. The molecule has 2 fully saturated rings. The summed E-state index contributed by atoms with van der Waals surface area (Å²) in [4.78, 5) is 18.3. The first-order valence-corrected chi connectivity index (χ1v) is 9.17. The minimum absolute atomic E-state index is 0.367. The number of carbonyl (C=O) groups excluding carboxylic acids is 1. The van der Waals surface area contributed by atoms with Crippen molar-refractivity contribution in [3.05, 3.63) is 36.0 Å². The molecule has 0 radical (unpaired) electrons. The molecule has 2 aromatic rings. The van der Waals surface area contributed by atoms with Gasteiger partial charge in [0.15, 0.2) is 0 Å². The number of para-hydroxylation sites is 1. The zero-order chi connectivity index (χ0) is 15.6. The highest BCUT2D eigenvalue weighted by Gasteiger charge is 2.35. The van der Waals surface area contributed by atoms with E-state index in [9.17, 15) is 4.79 Å². The third-order valence-electron chi connectivity index (χ3n) is 5.85. The number of nitrogens with zero attached hydrogens (tertiary/aromatic N) is 1. The van der Waals surface area contributed by atoms with Gasteiger partial charge in [-0.2, -0.15) is 0 Å². The molecule has 1 aromatic heterocycles. The summed E-state index contributed by atoms with van der Waals surface area (Å²) in [7, 11) is 0. The molecule has 0 bridgehead atoms. The van der Waals surface area contributed by atoms with Crippen molar-refractivity contribution in [3.63, 3.8) is 0 Å². The Morgan fingerprint density at radius 2 is 1.96 bits per heavy atom. The predicted molar refractivity (Wildman–Crippen MR) is 93.3 cm³/mol. The van der Waals surface area contributed by atoms with Gasteiger partial charge in [0.2, 0.25) is 5.91 Å². The van der Waals surface area contributed by atoms with Gasteiger partial charge in [-0.25, -0.2) is 0 Å². The normalized spacial score (nSPS) is 24.6. The molecular weight excluding hydrogens is 284 g/mol. The SMILES string of the molecule is O=C(CCc1c[nH]c2ccccc12)N1CCCC2CCCCC21. The highest BCUT2D eigenvalue weighted by Crippen LogP contribution is 2.35. The lowest BCUT2D eigenvalue weighted by atomic mass is 9.78. The number of aryl methyl sites for hydroxylation is 1. The van der Waals surface area contributed by atoms with Gasteiger partial charge >= 0.3 is 0 Å². The number of H-pyrrole nitrogens is 1. The van der Waals surface area contributed by atoms with Crippen LogP contribution in [-0.4, -0.2) is 28.4 Å². The van der Waals surface area contributed by atoms with E-state index in [1.807, 2.05) is 6.07 Å². The second kappa shape index (κ2) is 6.38. The number of rotatable bonds is 3. The fourth-order valence-electron chi connectivity index (χ4n) is 4.66. The zero-order valence-electron chi connectivity index (χ0n) is 13.8. The Labute approximate surface area is 138 Å². The Balaban J connectivity index is 1.43. The van der Waals surface area contributed by atoms with Gasteiger partial charge in [0.25, 0.3) is 0 Å². The molecule has 1 aliphatic heterocycles. The fourth-order valence-corrected chi connectivity index (χ4v) is 4.66. The molecule has 1 saturated heterocycles. The predicted octanol–water partition coefficient (Wildman–Crippen LogP) is 4.28. The van der Waals surface area contributed by atoms with Crippen LogP contribution in [-0.2, 0) is 11.2 Å². The highest BCUT2D eigenvalue weighted by atomic mass is 16.2. The zero-order valence-corrected chi connectivity index (χ0v) is 13.8. The smallest absolute Gasteiger partial charge is 0.223 e. The number of hydrogen-bond donors (Lipinski definition) is 1. The fraction of sp³-hybridized carbons (Fsp3) is 0.550. The summed E-state index contributed by atoms with van der Waals surface area (Å²) < 4.78 is 0. The number of fused-ring (bicyclic) bond motifs is 2. The van der Waals surface area contributed by atoms with Gasteiger partial charge in [0.1, 0.15) is 0 Å². The summed E-state index contributed by atoms with van der Waals surface area (Å²) in [6, 6.07) is 8.89. The van der Waals surface area contributed by atoms with E-state index in [2.05, 4.69) is 34.3 Å². The van der Waals surface area contributed by atoms with E-state index >= 15 is 0 Å². The molecule has 23 heavy (non-hydrogen) atoms. The van der Waals surface area contributed by atoms with E-state index in [0.717, 1.165) is 18.9 Å². The molecule has 0 spiro atoms. The molecule has 1 amide bonds. The van der Waals surface area contributed by atoms with Crippen LogP contribution in [0.4, 0.5) is 0 Å². The Morgan fingerprint density at radius 1 is 1.13 bits per heavy atom. The van der Waals surface area contributed by atoms with Crippen LogP contribution in [0.25, 0.3) is 10.9 Å². The molecule has 1 saturated carbocycles. The third-order valence-corrected chi connectivity index (χ3v) is 5.85. The molecule has 3 nitrogen and oxygen atoms in total. The number of hydrogen-bond acceptors (Lipinski definition) is 1. The topological polar surface area (TPSA) is 36.1 Å². The Kier molecular flexibility index (Phi) is 4.11. The van der Waals surface area contributed by atoms with Crippen LogP contribution >= 0.6 is 0 Å². The molecule has 122 valence electrons. The number of piperidine rings is 1. The first-order chi connectivity index (χ1) is 11.3. The largest absolute Gasteiger partial charge is 0.361 e. The van der Waals surface area contributed by atoms with Crippen LogP contribution in [0.1, 0.15) is 50.5 Å². The first kappa shape index (κ1) is 14.8. The lowest BCUT2D eigenvalue weighted by Crippen LogP contribution is -2.49. The second-order valence-corrected chi connectivity index (χ2v) is 7.20. The number of benzene rings is 1. The summed E-state index contributed by atoms with van der Waals surface area (Å²) >= 11 is 0. The third kappa shape index (κ3) is 2.89. The average molecular weight is 310 g/mol. The summed E-state index contributed by atoms with van der Waals surface area (Å²) in [5.74, 6) is 1.14. The first-order valence-electron chi connectivity index (χ1n) is 9.17. The molecule has 2 atom stereocenters. The van der Waals surface area contributed by atoms with Gasteiger partial charge in [-0.05, 0) is 49.7 Å². The van der Waals surface area contributed by atoms with E-state index in [-0.39, 0.29) is 0 Å². The van der Waals surface area contributed by atoms with Crippen LogP contribution in [0.5, 0.6) is 0 Å². The van der Waals surface area contributed by atoms with E-state index in [1.54, 1.807) is 0 Å². The number of carbonyl (C=O) groups is 1. The maximum Gasteiger partial charge on any atom is 0.223 e. The van der Waals surface area contributed by atoms with E-state index in [0.29, 0.717) is 18.4 Å². The van der Waals surface area contributed by atoms with Gasteiger partial charge in [-0.1, -0.05) is 31.0 Å². The number of aromatic nitrogens is 1. The minimum Gasteiger partial charge on any atom is -0.361 e. The standard InChI is InChI=1S/C20H26N2O/c23-20(22-13-5-7-15-6-1-4-10-19(15)22)12-11-16-14-21-18-9-3-2-8-17(16)18/h2-3,8-9,14-15,19,21H,1,4-7,10-13H2. The van der Waals surface area contributed by atoms with E-state index in [4.69, 9.17) is 0 Å². The minimum atomic E-state index is 0.367. The van der Waals surface area contributed by atoms with Crippen LogP contribution < -0.4 is 0 Å². The number of aromatic amines is 1. The summed E-state index contributed by atoms with van der Waals surface area (Å²) in [6.07, 6.45) is 11.3. The van der Waals surface area contributed by atoms with Gasteiger partial charge in [0.05, 0.1) is 0 Å². The molecule has 1 aliphatic carbocycles. The lowest BCUT2D eigenvalue weighted by molar-refractivity contribution is -0.137. The number of likely N-dealkylation sites (tertiary alicyclic amines) is 1. The molecule has 2 unspecified atom stereocenters. The quantitative estimate of drug-likeness (QED) is 0.902. The van der Waals surface area contributed by atoms with Crippen LogP contribution in [0, 0.1) is 5.92 Å². The number of nitrogens with one attached hydrogen (secondary N) is 1. The lowest BCUT2D eigenvalue weighted by Gasteiger charge is -2.44. The van der Waals surface area contributed by atoms with Crippen molar-refractivity contribution in [2.24, 2.45) is 5.92 Å². The van der Waals surface area contributed by atoms with Crippen LogP contribution in [0.2, 0.25) is 0 Å². The van der Waals surface area contributed by atoms with Crippen molar-refractivity contribution in [2.45, 2.75) is 57.4 Å². The van der Waals surface area contributed by atoms with Crippen molar-refractivity contribution >= 4 is 16.8 Å². The molecule has 1 N–H and O–H groups in total. The van der Waals surface area contributed by atoms with Gasteiger partial charge in [-0.3, -0.25) is 4.79 Å². The van der Waals surface area contributed by atoms with Crippen molar-refractivity contribution < 1.29 is 4.79 Å². The summed E-state index contributed by atoms with van der Waals surface area (Å²) in [5, 5.41) is 1.26. The summed E-state index contributed by atoms with van der Waals surface area (Å²) in [6.45, 7) is 0.980. The molecule has 4 rings (SSSR count). The summed E-state index contributed by atoms with van der Waals surface area (Å²) in [5.41, 5.74) is 2.44. The Morgan fingerprint density at radius 3 is 2.91 bits per heavy atom. The molecular formula is C20H26N2O. The maximum absolute atomic E-state index is 12.8. The van der Waals surface area contributed by atoms with Crippen molar-refractivity contribution in [1.29, 1.82) is 0 Å². The average Bonchev–Trinajstić information content (AvgIpc) is 3.02. The van der Waals surface area contributed by atoms with Gasteiger partial charge < -0.3 is 9.88 Å². The van der Waals surface area contributed by atoms with Crippen molar-refractivity contribution in [3.8, 4) is 0 Å². The Bertz CT molecular complexity index is 688. The van der Waals surface area contributed by atoms with E-state index < -0.39 is 0 Å². The maximum atomic E-state index is 12.8. The van der Waals surface area contributed by atoms with Crippen LogP contribution in [0.15, 0.2) is 30.5 Å². The molecule has 2 heterocycles. The van der Waals surface area contributed by atoms with Gasteiger partial charge in [-0.15, -0.1) is 0 Å². The van der Waals surface area contributed by atoms with Crippen molar-refractivity contribution in [2.75, 3.05) is 6.54 Å². The number of amides is 1. The molecule has 1 aromatic carbocycles. The second-order valence-electron chi connectivity index (χ2n) is 7.20. The monoisotopic (exact) mass is 310 g/mol. The van der Waals surface area contributed by atoms with Crippen molar-refractivity contribution in [1.82, 2.24) is 9.88 Å². The van der Waals surface area contributed by atoms with Crippen LogP contribution in [0.3, 0.4) is 0 Å².